The second kappa shape index (κ2) is 15.2. The summed E-state index contributed by atoms with van der Waals surface area (Å²) >= 11 is 1.85. The SMILES string of the molecule is C=C1c2ccc(P3c4ccc(-c5ccccc5)cc4Sc4cc(-c5nc(-c6ccccc6)nc(-c6ccccc6)n5)ccc43)cc2-c2c3ccccc3cc[n+]2C1(CC)CC. The molecule has 0 fully saturated rings. The van der Waals surface area contributed by atoms with E-state index in [9.17, 15) is 0 Å². The van der Waals surface area contributed by atoms with Gasteiger partial charge in [-0.3, -0.25) is 0 Å². The van der Waals surface area contributed by atoms with Crippen molar-refractivity contribution in [3.05, 3.63) is 194 Å². The molecule has 0 radical (unpaired) electrons. The van der Waals surface area contributed by atoms with Crippen LogP contribution >= 0.6 is 19.7 Å². The summed E-state index contributed by atoms with van der Waals surface area (Å²) in [6.07, 6.45) is 4.24. The molecule has 0 saturated carbocycles. The van der Waals surface area contributed by atoms with E-state index < -0.39 is 7.92 Å². The fourth-order valence-corrected chi connectivity index (χ4v) is 13.5. The van der Waals surface area contributed by atoms with Crippen LogP contribution in [0.3, 0.4) is 0 Å². The third-order valence-electron chi connectivity index (χ3n) is 12.6. The summed E-state index contributed by atoms with van der Waals surface area (Å²) in [6.45, 7) is 9.44. The zero-order valence-electron chi connectivity index (χ0n) is 34.1. The van der Waals surface area contributed by atoms with Crippen molar-refractivity contribution in [1.82, 2.24) is 15.0 Å². The molecule has 7 aromatic carbocycles. The number of rotatable bonds is 7. The molecular weight excluding hydrogens is 780 g/mol. The van der Waals surface area contributed by atoms with Gasteiger partial charge in [0.05, 0.1) is 10.9 Å². The first-order chi connectivity index (χ1) is 30.0. The van der Waals surface area contributed by atoms with E-state index in [0.717, 1.165) is 29.5 Å². The molecule has 292 valence electrons. The summed E-state index contributed by atoms with van der Waals surface area (Å²) < 4.78 is 2.54. The van der Waals surface area contributed by atoms with Crippen LogP contribution in [0.25, 0.3) is 72.9 Å². The summed E-state index contributed by atoms with van der Waals surface area (Å²) in [5.74, 6) is 1.98. The summed E-state index contributed by atoms with van der Waals surface area (Å²) in [7, 11) is -0.952. The van der Waals surface area contributed by atoms with Crippen molar-refractivity contribution in [3.8, 4) is 56.5 Å². The minimum atomic E-state index is -0.952. The largest absolute Gasteiger partial charge is 0.221 e. The smallest absolute Gasteiger partial charge is 0.208 e. The molecule has 0 spiro atoms. The van der Waals surface area contributed by atoms with Crippen LogP contribution in [0, 0.1) is 0 Å². The van der Waals surface area contributed by atoms with Crippen LogP contribution in [0.5, 0.6) is 0 Å². The molecule has 61 heavy (non-hydrogen) atoms. The molecule has 0 aliphatic carbocycles. The van der Waals surface area contributed by atoms with Gasteiger partial charge in [0.1, 0.15) is 0 Å². The molecule has 0 bridgehead atoms. The van der Waals surface area contributed by atoms with Crippen LogP contribution < -0.4 is 20.5 Å². The van der Waals surface area contributed by atoms with Crippen molar-refractivity contribution < 1.29 is 4.57 Å². The molecule has 2 aliphatic heterocycles. The Hall–Kier alpha value is -6.52. The lowest BCUT2D eigenvalue weighted by Crippen LogP contribution is -2.59. The maximum atomic E-state index is 5.11. The van der Waals surface area contributed by atoms with Crippen LogP contribution in [-0.2, 0) is 5.54 Å². The molecule has 9 aromatic rings. The van der Waals surface area contributed by atoms with Crippen molar-refractivity contribution in [2.75, 3.05) is 0 Å². The standard InChI is InChI=1S/C55H42N4PS/c1-4-55(5-2)36(3)44-28-27-43(35-46(44)51-45-24-16-15-19-38(45)31-32-59(51)55)60-47-29-25-41(37-17-9-6-10-18-37)33-49(47)61-50-34-42(26-30-48(50)60)54-57-52(39-20-11-7-12-21-39)56-53(58-54)40-22-13-8-14-23-40/h6-35H,3-5H2,1-2H3/q+1. The molecule has 0 saturated heterocycles. The number of aromatic nitrogens is 4. The van der Waals surface area contributed by atoms with E-state index in [1.165, 1.54) is 70.0 Å². The van der Waals surface area contributed by atoms with Crippen LogP contribution in [-0.4, -0.2) is 15.0 Å². The van der Waals surface area contributed by atoms with Crippen molar-refractivity contribution in [2.45, 2.75) is 42.0 Å². The fraction of sp³-hybridized carbons (Fsp3) is 0.0909. The Morgan fingerprint density at radius 3 is 1.69 bits per heavy atom. The Labute approximate surface area is 362 Å². The highest BCUT2D eigenvalue weighted by atomic mass is 32.2. The van der Waals surface area contributed by atoms with E-state index in [0.29, 0.717) is 17.5 Å². The van der Waals surface area contributed by atoms with Gasteiger partial charge in [0.25, 0.3) is 0 Å². The summed E-state index contributed by atoms with van der Waals surface area (Å²) in [6, 6.07) is 63.4. The maximum absolute atomic E-state index is 5.11. The zero-order valence-corrected chi connectivity index (χ0v) is 35.8. The molecule has 11 rings (SSSR count). The van der Waals surface area contributed by atoms with Gasteiger partial charge >= 0.3 is 0 Å². The molecule has 6 heteroatoms. The lowest BCUT2D eigenvalue weighted by molar-refractivity contribution is -0.740. The molecule has 0 amide bonds. The van der Waals surface area contributed by atoms with Crippen LogP contribution in [0.2, 0.25) is 0 Å². The van der Waals surface area contributed by atoms with E-state index >= 15 is 0 Å². The number of hydrogen-bond acceptors (Lipinski definition) is 4. The summed E-state index contributed by atoms with van der Waals surface area (Å²) in [5, 5.41) is 6.55. The van der Waals surface area contributed by atoms with Crippen molar-refractivity contribution >= 4 is 51.9 Å². The average Bonchev–Trinajstić information content (AvgIpc) is 3.33. The Morgan fingerprint density at radius 2 is 1.07 bits per heavy atom. The highest BCUT2D eigenvalue weighted by Crippen LogP contribution is 2.50. The monoisotopic (exact) mass is 821 g/mol. The second-order valence-corrected chi connectivity index (χ2v) is 19.0. The first kappa shape index (κ1) is 37.5. The van der Waals surface area contributed by atoms with Gasteiger partial charge in [-0.05, 0) is 70.2 Å². The molecular formula is C55H42N4PS+. The highest BCUT2D eigenvalue weighted by molar-refractivity contribution is 8.02. The molecule has 4 heterocycles. The Kier molecular flexibility index (Phi) is 9.33. The first-order valence-corrected chi connectivity index (χ1v) is 23.2. The van der Waals surface area contributed by atoms with Crippen LogP contribution in [0.4, 0.5) is 0 Å². The van der Waals surface area contributed by atoms with Gasteiger partial charge in [0, 0.05) is 51.0 Å². The molecule has 1 atom stereocenters. The number of allylic oxidation sites excluding steroid dienone is 1. The van der Waals surface area contributed by atoms with Gasteiger partial charge < -0.3 is 0 Å². The van der Waals surface area contributed by atoms with Gasteiger partial charge in [-0.1, -0.05) is 178 Å². The molecule has 4 nitrogen and oxygen atoms in total. The Morgan fingerprint density at radius 1 is 0.525 bits per heavy atom. The minimum Gasteiger partial charge on any atom is -0.208 e. The van der Waals surface area contributed by atoms with E-state index in [1.807, 2.05) is 48.2 Å². The van der Waals surface area contributed by atoms with Crippen LogP contribution in [0.15, 0.2) is 198 Å². The van der Waals surface area contributed by atoms with Crippen molar-refractivity contribution in [2.24, 2.45) is 0 Å². The quantitative estimate of drug-likeness (QED) is 0.119. The topological polar surface area (TPSA) is 42.6 Å². The van der Waals surface area contributed by atoms with E-state index in [-0.39, 0.29) is 5.54 Å². The Bertz CT molecular complexity index is 3110. The summed E-state index contributed by atoms with van der Waals surface area (Å²) in [5.41, 5.74) is 10.1. The van der Waals surface area contributed by atoms with Gasteiger partial charge in [-0.25, -0.2) is 15.0 Å². The van der Waals surface area contributed by atoms with Gasteiger partial charge in [-0.15, -0.1) is 0 Å². The van der Waals surface area contributed by atoms with E-state index in [2.05, 4.69) is 164 Å². The maximum Gasteiger partial charge on any atom is 0.221 e. The minimum absolute atomic E-state index is 0.195. The predicted octanol–water partition coefficient (Wildman–Crippen LogP) is 12.4. The van der Waals surface area contributed by atoms with E-state index in [1.54, 1.807) is 0 Å². The van der Waals surface area contributed by atoms with Crippen molar-refractivity contribution in [1.29, 1.82) is 0 Å². The molecule has 1 unspecified atom stereocenters. The lowest BCUT2D eigenvalue weighted by Gasteiger charge is -2.36. The number of nitrogens with zero attached hydrogens (tertiary/aromatic N) is 4. The normalized spacial score (nSPS) is 14.8. The molecule has 0 N–H and O–H groups in total. The van der Waals surface area contributed by atoms with Crippen molar-refractivity contribution in [3.63, 3.8) is 0 Å². The van der Waals surface area contributed by atoms with Crippen LogP contribution in [0.1, 0.15) is 32.3 Å². The third kappa shape index (κ3) is 6.26. The number of benzene rings is 7. The number of fused-ring (bicyclic) bond motifs is 7. The summed E-state index contributed by atoms with van der Waals surface area (Å²) in [4.78, 5) is 17.7. The fourth-order valence-electron chi connectivity index (χ4n) is 9.37. The predicted molar refractivity (Wildman–Crippen MR) is 255 cm³/mol. The lowest BCUT2D eigenvalue weighted by atomic mass is 9.75. The average molecular weight is 822 g/mol. The Balaban J connectivity index is 1.11. The second-order valence-electron chi connectivity index (χ2n) is 15.8. The number of hydrogen-bond donors (Lipinski definition) is 0. The van der Waals surface area contributed by atoms with Gasteiger partial charge in [0.15, 0.2) is 29.2 Å². The number of pyridine rings is 1. The van der Waals surface area contributed by atoms with Gasteiger partial charge in [-0.2, -0.15) is 4.57 Å². The molecule has 2 aromatic heterocycles. The molecule has 2 aliphatic rings. The highest BCUT2D eigenvalue weighted by Gasteiger charge is 2.47. The first-order valence-electron chi connectivity index (χ1n) is 21.0. The zero-order chi connectivity index (χ0) is 41.1. The third-order valence-corrected chi connectivity index (χ3v) is 16.5. The van der Waals surface area contributed by atoms with E-state index in [4.69, 9.17) is 21.5 Å². The van der Waals surface area contributed by atoms with Gasteiger partial charge in [0.2, 0.25) is 5.69 Å².